The first-order valence-corrected chi connectivity index (χ1v) is 12.3. The predicted molar refractivity (Wildman–Crippen MR) is 135 cm³/mol. The van der Waals surface area contributed by atoms with Crippen LogP contribution in [0.2, 0.25) is 0 Å². The Morgan fingerprint density at radius 3 is 2.48 bits per heavy atom. The van der Waals surface area contributed by atoms with Crippen LogP contribution in [0.1, 0.15) is 42.3 Å². The van der Waals surface area contributed by atoms with Gasteiger partial charge in [-0.1, -0.05) is 50.3 Å². The van der Waals surface area contributed by atoms with Crippen molar-refractivity contribution in [1.29, 1.82) is 0 Å². The van der Waals surface area contributed by atoms with Crippen LogP contribution in [-0.2, 0) is 10.2 Å². The number of rotatable bonds is 6. The molecule has 33 heavy (non-hydrogen) atoms. The van der Waals surface area contributed by atoms with Crippen LogP contribution >= 0.6 is 11.3 Å². The van der Waals surface area contributed by atoms with E-state index in [9.17, 15) is 4.79 Å². The highest BCUT2D eigenvalue weighted by Gasteiger charge is 2.25. The highest BCUT2D eigenvalue weighted by Crippen LogP contribution is 2.37. The molecule has 1 aliphatic heterocycles. The summed E-state index contributed by atoms with van der Waals surface area (Å²) >= 11 is 1.55. The topological polar surface area (TPSA) is 54.9 Å². The van der Waals surface area contributed by atoms with E-state index in [-0.39, 0.29) is 11.3 Å². The minimum Gasteiger partial charge on any atom is -0.494 e. The molecule has 1 aromatic heterocycles. The molecule has 4 rings (SSSR count). The molecule has 0 spiro atoms. The van der Waals surface area contributed by atoms with Crippen LogP contribution in [0.4, 0.5) is 5.13 Å². The van der Waals surface area contributed by atoms with E-state index in [4.69, 9.17) is 14.5 Å². The molecular formula is C26H33N3O3S. The van der Waals surface area contributed by atoms with Gasteiger partial charge in [0.05, 0.1) is 25.0 Å². The Labute approximate surface area is 200 Å². The lowest BCUT2D eigenvalue weighted by molar-refractivity contribution is 0.0391. The quantitative estimate of drug-likeness (QED) is 0.517. The molecule has 0 atom stereocenters. The summed E-state index contributed by atoms with van der Waals surface area (Å²) < 4.78 is 12.1. The van der Waals surface area contributed by atoms with Gasteiger partial charge >= 0.3 is 0 Å². The largest absolute Gasteiger partial charge is 0.494 e. The van der Waals surface area contributed by atoms with E-state index in [0.717, 1.165) is 54.4 Å². The molecule has 0 saturated carbocycles. The van der Waals surface area contributed by atoms with Gasteiger partial charge in [0.25, 0.3) is 5.91 Å². The first-order chi connectivity index (χ1) is 15.8. The van der Waals surface area contributed by atoms with Gasteiger partial charge in [-0.2, -0.15) is 0 Å². The standard InChI is InChI=1S/C26H33N3O3S/c1-18-6-11-21(31-5)22-23(18)33-25(27-22)29(13-12-28-14-16-32-17-15-28)24(30)19-7-9-20(10-8-19)26(2,3)4/h6-11H,12-17H2,1-5H3. The third kappa shape index (κ3) is 5.21. The van der Waals surface area contributed by atoms with Crippen molar-refractivity contribution in [3.05, 3.63) is 53.1 Å². The molecule has 0 unspecified atom stereocenters. The van der Waals surface area contributed by atoms with Gasteiger partial charge in [0.2, 0.25) is 0 Å². The number of thiazole rings is 1. The van der Waals surface area contributed by atoms with Crippen molar-refractivity contribution in [3.63, 3.8) is 0 Å². The van der Waals surface area contributed by atoms with Gasteiger partial charge in [-0.3, -0.25) is 14.6 Å². The molecule has 0 N–H and O–H groups in total. The minimum atomic E-state index is -0.0283. The third-order valence-corrected chi connectivity index (χ3v) is 7.34. The average molecular weight is 468 g/mol. The summed E-state index contributed by atoms with van der Waals surface area (Å²) in [4.78, 5) is 22.7. The lowest BCUT2D eigenvalue weighted by Crippen LogP contribution is -2.43. The number of carbonyl (C=O) groups is 1. The summed E-state index contributed by atoms with van der Waals surface area (Å²) in [7, 11) is 1.65. The van der Waals surface area contributed by atoms with Gasteiger partial charge in [0.1, 0.15) is 11.3 Å². The van der Waals surface area contributed by atoms with Gasteiger partial charge in [0, 0.05) is 31.7 Å². The summed E-state index contributed by atoms with van der Waals surface area (Å²) in [6.07, 6.45) is 0. The average Bonchev–Trinajstić information content (AvgIpc) is 3.26. The molecule has 3 aromatic rings. The molecule has 7 heteroatoms. The molecule has 0 bridgehead atoms. The number of nitrogens with zero attached hydrogens (tertiary/aromatic N) is 3. The van der Waals surface area contributed by atoms with Crippen LogP contribution in [0, 0.1) is 6.92 Å². The smallest absolute Gasteiger partial charge is 0.260 e. The van der Waals surface area contributed by atoms with Crippen molar-refractivity contribution in [3.8, 4) is 5.75 Å². The van der Waals surface area contributed by atoms with E-state index in [1.807, 2.05) is 29.2 Å². The molecule has 1 fully saturated rings. The van der Waals surface area contributed by atoms with Gasteiger partial charge < -0.3 is 9.47 Å². The van der Waals surface area contributed by atoms with Crippen molar-refractivity contribution in [2.24, 2.45) is 0 Å². The second-order valence-electron chi connectivity index (χ2n) is 9.50. The summed E-state index contributed by atoms with van der Waals surface area (Å²) in [6, 6.07) is 12.0. The van der Waals surface area contributed by atoms with Crippen molar-refractivity contribution in [1.82, 2.24) is 9.88 Å². The fourth-order valence-corrected chi connectivity index (χ4v) is 5.07. The number of anilines is 1. The van der Waals surface area contributed by atoms with Crippen LogP contribution in [0.5, 0.6) is 5.75 Å². The summed E-state index contributed by atoms with van der Waals surface area (Å²) in [6.45, 7) is 13.2. The zero-order valence-corrected chi connectivity index (χ0v) is 21.0. The number of benzene rings is 2. The number of carbonyl (C=O) groups excluding carboxylic acids is 1. The maximum absolute atomic E-state index is 13.7. The molecule has 2 aromatic carbocycles. The molecular weight excluding hydrogens is 434 g/mol. The predicted octanol–water partition coefficient (Wildman–Crippen LogP) is 4.89. The third-order valence-electron chi connectivity index (χ3n) is 6.13. The number of aromatic nitrogens is 1. The molecule has 1 saturated heterocycles. The Morgan fingerprint density at radius 1 is 1.15 bits per heavy atom. The van der Waals surface area contributed by atoms with Crippen LogP contribution < -0.4 is 9.64 Å². The van der Waals surface area contributed by atoms with Crippen LogP contribution in [-0.4, -0.2) is 62.3 Å². The molecule has 0 radical (unpaired) electrons. The Kier molecular flexibility index (Phi) is 7.02. The number of methoxy groups -OCH3 is 1. The van der Waals surface area contributed by atoms with Crippen molar-refractivity contribution >= 4 is 32.6 Å². The van der Waals surface area contributed by atoms with Gasteiger partial charge in [-0.15, -0.1) is 0 Å². The number of hydrogen-bond acceptors (Lipinski definition) is 6. The second kappa shape index (κ2) is 9.79. The maximum atomic E-state index is 13.7. The number of aryl methyl sites for hydroxylation is 1. The van der Waals surface area contributed by atoms with E-state index in [0.29, 0.717) is 17.2 Å². The Hall–Kier alpha value is -2.48. The number of hydrogen-bond donors (Lipinski definition) is 0. The molecule has 1 amide bonds. The van der Waals surface area contributed by atoms with Crippen LogP contribution in [0.15, 0.2) is 36.4 Å². The monoisotopic (exact) mass is 467 g/mol. The minimum absolute atomic E-state index is 0.0283. The van der Waals surface area contributed by atoms with E-state index in [1.165, 1.54) is 5.56 Å². The lowest BCUT2D eigenvalue weighted by Gasteiger charge is -2.29. The number of amides is 1. The Morgan fingerprint density at radius 2 is 1.85 bits per heavy atom. The Balaban J connectivity index is 1.68. The zero-order valence-electron chi connectivity index (χ0n) is 20.2. The number of ether oxygens (including phenoxy) is 2. The molecule has 176 valence electrons. The van der Waals surface area contributed by atoms with Crippen molar-refractivity contribution in [2.75, 3.05) is 51.4 Å². The Bertz CT molecular complexity index is 1110. The van der Waals surface area contributed by atoms with E-state index in [2.05, 4.69) is 44.7 Å². The summed E-state index contributed by atoms with van der Waals surface area (Å²) in [5.41, 5.74) is 3.86. The normalized spacial score (nSPS) is 15.1. The van der Waals surface area contributed by atoms with Crippen molar-refractivity contribution in [2.45, 2.75) is 33.1 Å². The SMILES string of the molecule is COc1ccc(C)c2sc(N(CCN3CCOCC3)C(=O)c3ccc(C(C)(C)C)cc3)nc12. The van der Waals surface area contributed by atoms with E-state index in [1.54, 1.807) is 18.4 Å². The number of morpholine rings is 1. The lowest BCUT2D eigenvalue weighted by atomic mass is 9.86. The highest BCUT2D eigenvalue weighted by molar-refractivity contribution is 7.22. The zero-order chi connectivity index (χ0) is 23.6. The van der Waals surface area contributed by atoms with Gasteiger partial charge in [-0.25, -0.2) is 4.98 Å². The highest BCUT2D eigenvalue weighted by atomic mass is 32.1. The van der Waals surface area contributed by atoms with Crippen LogP contribution in [0.25, 0.3) is 10.2 Å². The van der Waals surface area contributed by atoms with Crippen molar-refractivity contribution < 1.29 is 14.3 Å². The molecule has 6 nitrogen and oxygen atoms in total. The van der Waals surface area contributed by atoms with Crippen LogP contribution in [0.3, 0.4) is 0 Å². The summed E-state index contributed by atoms with van der Waals surface area (Å²) in [5.74, 6) is 0.701. The molecule has 1 aliphatic rings. The summed E-state index contributed by atoms with van der Waals surface area (Å²) in [5, 5.41) is 0.704. The second-order valence-corrected chi connectivity index (χ2v) is 10.5. The van der Waals surface area contributed by atoms with E-state index >= 15 is 0 Å². The fraction of sp³-hybridized carbons (Fsp3) is 0.462. The van der Waals surface area contributed by atoms with E-state index < -0.39 is 0 Å². The van der Waals surface area contributed by atoms with Gasteiger partial charge in [-0.05, 0) is 41.7 Å². The first-order valence-electron chi connectivity index (χ1n) is 11.4. The molecule has 2 heterocycles. The first kappa shape index (κ1) is 23.7. The fourth-order valence-electron chi connectivity index (χ4n) is 4.00. The van der Waals surface area contributed by atoms with Gasteiger partial charge in [0.15, 0.2) is 5.13 Å². The molecule has 0 aliphatic carbocycles. The number of fused-ring (bicyclic) bond motifs is 1. The maximum Gasteiger partial charge on any atom is 0.260 e.